The fraction of sp³-hybridized carbons (Fsp3) is 0.929. The molecule has 2 saturated heterocycles. The minimum atomic E-state index is 0.464. The van der Waals surface area contributed by atoms with E-state index in [4.69, 9.17) is 4.84 Å². The van der Waals surface area contributed by atoms with Gasteiger partial charge < -0.3 is 4.84 Å². The third-order valence-corrected chi connectivity index (χ3v) is 5.69. The van der Waals surface area contributed by atoms with E-state index in [0.717, 1.165) is 6.42 Å². The molecule has 17 heavy (non-hydrogen) atoms. The average Bonchev–Trinajstić information content (AvgIpc) is 2.89. The lowest BCUT2D eigenvalue weighted by Crippen LogP contribution is -2.46. The van der Waals surface area contributed by atoms with Crippen LogP contribution < -0.4 is 0 Å². The summed E-state index contributed by atoms with van der Waals surface area (Å²) in [5.41, 5.74) is 2.24. The van der Waals surface area contributed by atoms with Crippen molar-refractivity contribution < 1.29 is 4.84 Å². The lowest BCUT2D eigenvalue weighted by molar-refractivity contribution is 0.0934. The fourth-order valence-electron chi connectivity index (χ4n) is 4.74. The minimum Gasteiger partial charge on any atom is -0.399 e. The Labute approximate surface area is 104 Å². The molecule has 96 valence electrons. The molecule has 1 saturated carbocycles. The molecular weight excluding hydrogens is 212 g/mol. The summed E-state index contributed by atoms with van der Waals surface area (Å²) in [7, 11) is 1.68. The Morgan fingerprint density at radius 1 is 1.24 bits per heavy atom. The van der Waals surface area contributed by atoms with Gasteiger partial charge in [-0.05, 0) is 36.6 Å². The molecule has 0 radical (unpaired) electrons. The molecule has 1 spiro atoms. The van der Waals surface area contributed by atoms with E-state index < -0.39 is 0 Å². The summed E-state index contributed by atoms with van der Waals surface area (Å²) < 4.78 is 0. The number of oxime groups is 1. The van der Waals surface area contributed by atoms with Gasteiger partial charge in [-0.3, -0.25) is 4.90 Å². The van der Waals surface area contributed by atoms with Crippen LogP contribution in [0.5, 0.6) is 0 Å². The first-order valence-corrected chi connectivity index (χ1v) is 6.95. The van der Waals surface area contributed by atoms with E-state index in [0.29, 0.717) is 16.9 Å². The molecule has 2 atom stereocenters. The van der Waals surface area contributed by atoms with E-state index in [1.165, 1.54) is 44.5 Å². The van der Waals surface area contributed by atoms with Crippen molar-refractivity contribution in [1.82, 2.24) is 4.90 Å². The minimum absolute atomic E-state index is 0.464. The topological polar surface area (TPSA) is 24.8 Å². The highest BCUT2D eigenvalue weighted by molar-refractivity contribution is 5.92. The van der Waals surface area contributed by atoms with Gasteiger partial charge in [-0.2, -0.15) is 0 Å². The molecule has 0 aromatic rings. The normalized spacial score (nSPS) is 42.5. The molecule has 0 N–H and O–H groups in total. The Hall–Kier alpha value is -0.570. The standard InChI is InChI=1S/C14H24N2O/c1-13(2)6-4-7-14(13)8-10-16-9-5-11(12(14)16)15-17-3/h12H,4-10H2,1-3H3. The van der Waals surface area contributed by atoms with Crippen LogP contribution in [0.3, 0.4) is 0 Å². The molecule has 3 nitrogen and oxygen atoms in total. The summed E-state index contributed by atoms with van der Waals surface area (Å²) in [6.45, 7) is 7.38. The largest absolute Gasteiger partial charge is 0.399 e. The second-order valence-electron chi connectivity index (χ2n) is 6.60. The predicted molar refractivity (Wildman–Crippen MR) is 69.1 cm³/mol. The maximum atomic E-state index is 5.07. The van der Waals surface area contributed by atoms with Crippen LogP contribution in [0.2, 0.25) is 0 Å². The van der Waals surface area contributed by atoms with Crippen molar-refractivity contribution in [3.05, 3.63) is 0 Å². The Kier molecular flexibility index (Phi) is 2.51. The maximum absolute atomic E-state index is 5.07. The lowest BCUT2D eigenvalue weighted by atomic mass is 9.62. The summed E-state index contributed by atoms with van der Waals surface area (Å²) in [4.78, 5) is 7.71. The summed E-state index contributed by atoms with van der Waals surface area (Å²) in [6, 6.07) is 0.569. The molecule has 2 unspecified atom stereocenters. The molecule has 2 aliphatic heterocycles. The molecule has 3 rings (SSSR count). The number of nitrogens with zero attached hydrogens (tertiary/aromatic N) is 2. The Morgan fingerprint density at radius 3 is 2.71 bits per heavy atom. The van der Waals surface area contributed by atoms with Crippen molar-refractivity contribution in [1.29, 1.82) is 0 Å². The van der Waals surface area contributed by atoms with E-state index in [2.05, 4.69) is 23.9 Å². The number of fused-ring (bicyclic) bond motifs is 2. The van der Waals surface area contributed by atoms with Gasteiger partial charge in [-0.1, -0.05) is 25.4 Å². The third-order valence-electron chi connectivity index (χ3n) is 5.69. The van der Waals surface area contributed by atoms with Gasteiger partial charge in [0.1, 0.15) is 7.11 Å². The molecular formula is C14H24N2O. The van der Waals surface area contributed by atoms with E-state index in [1.54, 1.807) is 7.11 Å². The molecule has 3 fully saturated rings. The monoisotopic (exact) mass is 236 g/mol. The van der Waals surface area contributed by atoms with Gasteiger partial charge in [0.15, 0.2) is 0 Å². The van der Waals surface area contributed by atoms with Crippen LogP contribution in [0.4, 0.5) is 0 Å². The highest BCUT2D eigenvalue weighted by Gasteiger charge is 2.60. The molecule has 0 aromatic carbocycles. The Bertz CT molecular complexity index is 350. The van der Waals surface area contributed by atoms with Crippen LogP contribution in [0.1, 0.15) is 46.0 Å². The van der Waals surface area contributed by atoms with Crippen molar-refractivity contribution in [3.63, 3.8) is 0 Å². The van der Waals surface area contributed by atoms with Gasteiger partial charge in [0.05, 0.1) is 11.8 Å². The van der Waals surface area contributed by atoms with E-state index in [1.807, 2.05) is 0 Å². The first-order chi connectivity index (χ1) is 8.11. The second-order valence-corrected chi connectivity index (χ2v) is 6.60. The quantitative estimate of drug-likeness (QED) is 0.654. The Balaban J connectivity index is 1.99. The molecule has 3 aliphatic rings. The van der Waals surface area contributed by atoms with Gasteiger partial charge in [-0.25, -0.2) is 0 Å². The molecule has 0 amide bonds. The summed E-state index contributed by atoms with van der Waals surface area (Å²) >= 11 is 0. The van der Waals surface area contributed by atoms with Crippen molar-refractivity contribution >= 4 is 5.71 Å². The number of hydrogen-bond donors (Lipinski definition) is 0. The van der Waals surface area contributed by atoms with Crippen molar-refractivity contribution in [3.8, 4) is 0 Å². The summed E-state index contributed by atoms with van der Waals surface area (Å²) in [6.07, 6.45) is 6.60. The van der Waals surface area contributed by atoms with Crippen LogP contribution in [-0.4, -0.2) is 36.9 Å². The molecule has 0 bridgehead atoms. The molecule has 0 aromatic heterocycles. The first kappa shape index (κ1) is 11.5. The van der Waals surface area contributed by atoms with Crippen LogP contribution >= 0.6 is 0 Å². The van der Waals surface area contributed by atoms with Gasteiger partial charge in [0, 0.05) is 13.0 Å². The van der Waals surface area contributed by atoms with Gasteiger partial charge >= 0.3 is 0 Å². The van der Waals surface area contributed by atoms with Crippen molar-refractivity contribution in [2.75, 3.05) is 20.2 Å². The van der Waals surface area contributed by atoms with Gasteiger partial charge in [0.25, 0.3) is 0 Å². The van der Waals surface area contributed by atoms with E-state index in [9.17, 15) is 0 Å². The first-order valence-electron chi connectivity index (χ1n) is 6.95. The van der Waals surface area contributed by atoms with E-state index in [-0.39, 0.29) is 0 Å². The second kappa shape index (κ2) is 3.71. The molecule has 1 aliphatic carbocycles. The van der Waals surface area contributed by atoms with Crippen LogP contribution in [-0.2, 0) is 4.84 Å². The smallest absolute Gasteiger partial charge is 0.106 e. The molecule has 2 heterocycles. The third kappa shape index (κ3) is 1.41. The highest BCUT2D eigenvalue weighted by atomic mass is 16.6. The van der Waals surface area contributed by atoms with Gasteiger partial charge in [-0.15, -0.1) is 0 Å². The highest BCUT2D eigenvalue weighted by Crippen LogP contribution is 2.61. The zero-order valence-corrected chi connectivity index (χ0v) is 11.3. The fourth-order valence-corrected chi connectivity index (χ4v) is 4.74. The zero-order valence-electron chi connectivity index (χ0n) is 11.3. The average molecular weight is 236 g/mol. The SMILES string of the molecule is CON=C1CCN2CCC3(CCCC3(C)C)C12. The Morgan fingerprint density at radius 2 is 2.06 bits per heavy atom. The van der Waals surface area contributed by atoms with Crippen molar-refractivity contribution in [2.45, 2.75) is 52.0 Å². The van der Waals surface area contributed by atoms with Crippen LogP contribution in [0.15, 0.2) is 5.16 Å². The van der Waals surface area contributed by atoms with Crippen LogP contribution in [0.25, 0.3) is 0 Å². The summed E-state index contributed by atoms with van der Waals surface area (Å²) in [5, 5.41) is 4.33. The summed E-state index contributed by atoms with van der Waals surface area (Å²) in [5.74, 6) is 0. The molecule has 3 heteroatoms. The van der Waals surface area contributed by atoms with Crippen LogP contribution in [0, 0.1) is 10.8 Å². The van der Waals surface area contributed by atoms with Gasteiger partial charge in [0.2, 0.25) is 0 Å². The zero-order chi connectivity index (χ0) is 12.1. The van der Waals surface area contributed by atoms with Crippen molar-refractivity contribution in [2.24, 2.45) is 16.0 Å². The van der Waals surface area contributed by atoms with E-state index >= 15 is 0 Å². The number of hydrogen-bond acceptors (Lipinski definition) is 3. The maximum Gasteiger partial charge on any atom is 0.106 e. The number of rotatable bonds is 1. The predicted octanol–water partition coefficient (Wildman–Crippen LogP) is 2.66. The lowest BCUT2D eigenvalue weighted by Gasteiger charge is -2.43.